The van der Waals surface area contributed by atoms with E-state index in [4.69, 9.17) is 0 Å². The molecule has 0 aromatic heterocycles. The topological polar surface area (TPSA) is 39.7 Å². The molecule has 2 N–H and O–H groups in total. The van der Waals surface area contributed by atoms with Gasteiger partial charge in [0.25, 0.3) is 0 Å². The molecule has 0 amide bonds. The van der Waals surface area contributed by atoms with Crippen LogP contribution in [-0.2, 0) is 13.1 Å². The summed E-state index contributed by atoms with van der Waals surface area (Å²) in [4.78, 5) is 6.83. The van der Waals surface area contributed by atoms with Gasteiger partial charge in [-0.1, -0.05) is 38.1 Å². The Kier molecular flexibility index (Phi) is 9.66. The van der Waals surface area contributed by atoms with Crippen molar-refractivity contribution in [2.24, 2.45) is 10.9 Å². The number of nitrogens with zero attached hydrogens (tertiary/aromatic N) is 2. The summed E-state index contributed by atoms with van der Waals surface area (Å²) < 4.78 is 0. The fourth-order valence-corrected chi connectivity index (χ4v) is 2.72. The molecule has 1 fully saturated rings. The van der Waals surface area contributed by atoms with E-state index in [1.54, 1.807) is 0 Å². The Morgan fingerprint density at radius 3 is 2.21 bits per heavy atom. The zero-order valence-electron chi connectivity index (χ0n) is 15.5. The van der Waals surface area contributed by atoms with Crippen molar-refractivity contribution in [3.05, 3.63) is 35.4 Å². The summed E-state index contributed by atoms with van der Waals surface area (Å²) in [5.41, 5.74) is 2.70. The highest BCUT2D eigenvalue weighted by Gasteiger charge is 2.11. The fraction of sp³-hybridized carbons (Fsp3) is 0.632. The van der Waals surface area contributed by atoms with Crippen molar-refractivity contribution in [2.45, 2.75) is 52.7 Å². The maximum atomic E-state index is 4.30. The van der Waals surface area contributed by atoms with Crippen LogP contribution in [0, 0.1) is 5.92 Å². The maximum Gasteiger partial charge on any atom is 0.191 e. The van der Waals surface area contributed by atoms with Crippen LogP contribution in [0.4, 0.5) is 0 Å². The summed E-state index contributed by atoms with van der Waals surface area (Å²) in [6.45, 7) is 11.0. The first kappa shape index (κ1) is 21.2. The molecule has 1 aromatic rings. The van der Waals surface area contributed by atoms with Crippen LogP contribution in [0.3, 0.4) is 0 Å². The molecule has 1 saturated heterocycles. The SMILES string of the molecule is CN=C(NCc1ccc(CN2CCCC2)cc1)NC(C)C(C)C.I. The quantitative estimate of drug-likeness (QED) is 0.400. The molecule has 1 atom stereocenters. The van der Waals surface area contributed by atoms with Crippen molar-refractivity contribution in [1.82, 2.24) is 15.5 Å². The number of hydrogen-bond acceptors (Lipinski definition) is 2. The van der Waals surface area contributed by atoms with E-state index in [0.717, 1.165) is 19.0 Å². The monoisotopic (exact) mass is 444 g/mol. The zero-order chi connectivity index (χ0) is 16.7. The second kappa shape index (κ2) is 10.9. The first-order chi connectivity index (χ1) is 11.1. The van der Waals surface area contributed by atoms with Crippen LogP contribution in [0.1, 0.15) is 44.7 Å². The van der Waals surface area contributed by atoms with Gasteiger partial charge in [-0.3, -0.25) is 9.89 Å². The van der Waals surface area contributed by atoms with Crippen molar-refractivity contribution < 1.29 is 0 Å². The average Bonchev–Trinajstić information content (AvgIpc) is 3.05. The van der Waals surface area contributed by atoms with Gasteiger partial charge in [-0.2, -0.15) is 0 Å². The van der Waals surface area contributed by atoms with E-state index in [2.05, 4.69) is 65.6 Å². The standard InChI is InChI=1S/C19H32N4.HI/c1-15(2)16(3)22-19(20-4)21-13-17-7-9-18(10-8-17)14-23-11-5-6-12-23;/h7-10,15-16H,5-6,11-14H2,1-4H3,(H2,20,21,22);1H. The number of nitrogens with one attached hydrogen (secondary N) is 2. The lowest BCUT2D eigenvalue weighted by Gasteiger charge is -2.21. The van der Waals surface area contributed by atoms with Gasteiger partial charge in [0, 0.05) is 26.2 Å². The van der Waals surface area contributed by atoms with E-state index in [1.807, 2.05) is 7.05 Å². The normalized spacial score (nSPS) is 16.8. The molecule has 136 valence electrons. The Morgan fingerprint density at radius 2 is 1.67 bits per heavy atom. The highest BCUT2D eigenvalue weighted by Crippen LogP contribution is 2.13. The Bertz CT molecular complexity index is 493. The summed E-state index contributed by atoms with van der Waals surface area (Å²) in [7, 11) is 1.82. The first-order valence-corrected chi connectivity index (χ1v) is 8.86. The average molecular weight is 444 g/mol. The highest BCUT2D eigenvalue weighted by atomic mass is 127. The summed E-state index contributed by atoms with van der Waals surface area (Å²) in [5.74, 6) is 1.45. The lowest BCUT2D eigenvalue weighted by atomic mass is 10.1. The van der Waals surface area contributed by atoms with E-state index in [1.165, 1.54) is 37.1 Å². The Morgan fingerprint density at radius 1 is 1.08 bits per heavy atom. The third kappa shape index (κ3) is 6.97. The van der Waals surface area contributed by atoms with E-state index in [0.29, 0.717) is 12.0 Å². The molecule has 5 heteroatoms. The van der Waals surface area contributed by atoms with Gasteiger partial charge in [0.2, 0.25) is 0 Å². The van der Waals surface area contributed by atoms with Crippen molar-refractivity contribution in [2.75, 3.05) is 20.1 Å². The fourth-order valence-electron chi connectivity index (χ4n) is 2.72. The van der Waals surface area contributed by atoms with Gasteiger partial charge in [-0.05, 0) is 49.9 Å². The Hall–Kier alpha value is -0.820. The summed E-state index contributed by atoms with van der Waals surface area (Å²) in [6, 6.07) is 9.35. The molecule has 1 heterocycles. The van der Waals surface area contributed by atoms with Gasteiger partial charge in [-0.25, -0.2) is 0 Å². The van der Waals surface area contributed by atoms with E-state index < -0.39 is 0 Å². The molecule has 2 rings (SSSR count). The smallest absolute Gasteiger partial charge is 0.191 e. The van der Waals surface area contributed by atoms with Gasteiger partial charge in [0.05, 0.1) is 0 Å². The van der Waals surface area contributed by atoms with E-state index >= 15 is 0 Å². The number of benzene rings is 1. The second-order valence-corrected chi connectivity index (χ2v) is 6.90. The molecule has 0 radical (unpaired) electrons. The lowest BCUT2D eigenvalue weighted by Crippen LogP contribution is -2.43. The molecule has 0 saturated carbocycles. The summed E-state index contributed by atoms with van der Waals surface area (Å²) >= 11 is 0. The van der Waals surface area contributed by atoms with Crippen LogP contribution in [0.25, 0.3) is 0 Å². The molecule has 0 bridgehead atoms. The minimum Gasteiger partial charge on any atom is -0.354 e. The molecule has 1 aromatic carbocycles. The number of hydrogen-bond donors (Lipinski definition) is 2. The van der Waals surface area contributed by atoms with Crippen molar-refractivity contribution in [3.8, 4) is 0 Å². The van der Waals surface area contributed by atoms with Gasteiger partial charge < -0.3 is 10.6 Å². The molecule has 0 spiro atoms. The van der Waals surface area contributed by atoms with Gasteiger partial charge in [-0.15, -0.1) is 24.0 Å². The molecule has 0 aliphatic carbocycles. The van der Waals surface area contributed by atoms with Gasteiger partial charge in [0.1, 0.15) is 0 Å². The molecule has 4 nitrogen and oxygen atoms in total. The van der Waals surface area contributed by atoms with Crippen LogP contribution in [0.2, 0.25) is 0 Å². The van der Waals surface area contributed by atoms with E-state index in [9.17, 15) is 0 Å². The van der Waals surface area contributed by atoms with Gasteiger partial charge >= 0.3 is 0 Å². The summed E-state index contributed by atoms with van der Waals surface area (Å²) in [6.07, 6.45) is 2.70. The molecule has 1 aliphatic heterocycles. The highest BCUT2D eigenvalue weighted by molar-refractivity contribution is 14.0. The number of guanidine groups is 1. The largest absolute Gasteiger partial charge is 0.354 e. The second-order valence-electron chi connectivity index (χ2n) is 6.90. The maximum absolute atomic E-state index is 4.30. The molecule has 24 heavy (non-hydrogen) atoms. The Balaban J connectivity index is 0.00000288. The third-order valence-electron chi connectivity index (χ3n) is 4.68. The van der Waals surface area contributed by atoms with Crippen molar-refractivity contribution in [1.29, 1.82) is 0 Å². The minimum absolute atomic E-state index is 0. The molecule has 1 unspecified atom stereocenters. The molecular formula is C19H33IN4. The van der Waals surface area contributed by atoms with Gasteiger partial charge in [0.15, 0.2) is 5.96 Å². The molecular weight excluding hydrogens is 411 g/mol. The number of halogens is 1. The van der Waals surface area contributed by atoms with Crippen molar-refractivity contribution in [3.63, 3.8) is 0 Å². The minimum atomic E-state index is 0. The van der Waals surface area contributed by atoms with E-state index in [-0.39, 0.29) is 24.0 Å². The van der Waals surface area contributed by atoms with Crippen LogP contribution in [0.5, 0.6) is 0 Å². The zero-order valence-corrected chi connectivity index (χ0v) is 17.8. The van der Waals surface area contributed by atoms with Crippen LogP contribution >= 0.6 is 24.0 Å². The predicted molar refractivity (Wildman–Crippen MR) is 114 cm³/mol. The summed E-state index contributed by atoms with van der Waals surface area (Å²) in [5, 5.41) is 6.82. The van der Waals surface area contributed by atoms with Crippen LogP contribution in [0.15, 0.2) is 29.3 Å². The number of likely N-dealkylation sites (tertiary alicyclic amines) is 1. The van der Waals surface area contributed by atoms with Crippen molar-refractivity contribution >= 4 is 29.9 Å². The predicted octanol–water partition coefficient (Wildman–Crippen LogP) is 3.61. The Labute approximate surface area is 164 Å². The first-order valence-electron chi connectivity index (χ1n) is 8.86. The van der Waals surface area contributed by atoms with Crippen LogP contribution in [-0.4, -0.2) is 37.0 Å². The number of rotatable bonds is 6. The van der Waals surface area contributed by atoms with Crippen LogP contribution < -0.4 is 10.6 Å². The lowest BCUT2D eigenvalue weighted by molar-refractivity contribution is 0.331. The number of aliphatic imine (C=N–C) groups is 1. The molecule has 1 aliphatic rings. The third-order valence-corrected chi connectivity index (χ3v) is 4.68.